The number of hydrogen-bond donors (Lipinski definition) is 2. The van der Waals surface area contributed by atoms with Gasteiger partial charge in [-0.3, -0.25) is 9.89 Å². The lowest BCUT2D eigenvalue weighted by atomic mass is 10.1. The highest BCUT2D eigenvalue weighted by Gasteiger charge is 2.16. The van der Waals surface area contributed by atoms with E-state index in [0.717, 1.165) is 22.4 Å². The van der Waals surface area contributed by atoms with Crippen molar-refractivity contribution in [2.75, 3.05) is 14.2 Å². The zero-order valence-electron chi connectivity index (χ0n) is 15.3. The fourth-order valence-electron chi connectivity index (χ4n) is 2.65. The molecular formula is C20H20N4O3. The van der Waals surface area contributed by atoms with Crippen LogP contribution in [0.2, 0.25) is 0 Å². The van der Waals surface area contributed by atoms with Crippen LogP contribution in [0.3, 0.4) is 0 Å². The molecule has 0 fully saturated rings. The minimum atomic E-state index is -0.362. The lowest BCUT2D eigenvalue weighted by Gasteiger charge is -2.07. The molecular weight excluding hydrogens is 344 g/mol. The van der Waals surface area contributed by atoms with Gasteiger partial charge in [-0.1, -0.05) is 30.3 Å². The Labute approximate surface area is 157 Å². The van der Waals surface area contributed by atoms with Gasteiger partial charge < -0.3 is 9.47 Å². The summed E-state index contributed by atoms with van der Waals surface area (Å²) in [6.45, 7) is 1.85. The molecule has 1 aromatic heterocycles. The van der Waals surface area contributed by atoms with E-state index in [2.05, 4.69) is 20.7 Å². The number of H-pyrrole nitrogens is 1. The van der Waals surface area contributed by atoms with Gasteiger partial charge in [0.25, 0.3) is 5.91 Å². The Morgan fingerprint density at radius 1 is 1.11 bits per heavy atom. The zero-order valence-corrected chi connectivity index (χ0v) is 15.3. The van der Waals surface area contributed by atoms with E-state index < -0.39 is 0 Å². The second-order valence-corrected chi connectivity index (χ2v) is 5.75. The third-order valence-corrected chi connectivity index (χ3v) is 4.07. The number of amides is 1. The lowest BCUT2D eigenvalue weighted by molar-refractivity contribution is 0.0949. The second kappa shape index (κ2) is 8.18. The van der Waals surface area contributed by atoms with Gasteiger partial charge in [-0.15, -0.1) is 0 Å². The largest absolute Gasteiger partial charge is 0.493 e. The number of hydrogen-bond acceptors (Lipinski definition) is 5. The summed E-state index contributed by atoms with van der Waals surface area (Å²) in [5.74, 6) is 0.851. The number of methoxy groups -OCH3 is 2. The summed E-state index contributed by atoms with van der Waals surface area (Å²) in [5, 5.41) is 11.0. The van der Waals surface area contributed by atoms with Gasteiger partial charge in [0.1, 0.15) is 5.69 Å². The molecule has 2 aromatic carbocycles. The Morgan fingerprint density at radius 2 is 1.85 bits per heavy atom. The first-order valence-corrected chi connectivity index (χ1v) is 8.30. The normalized spacial score (nSPS) is 10.8. The Hall–Kier alpha value is -3.61. The molecule has 2 N–H and O–H groups in total. The van der Waals surface area contributed by atoms with Crippen molar-refractivity contribution in [2.45, 2.75) is 6.92 Å². The first-order valence-electron chi connectivity index (χ1n) is 8.30. The van der Waals surface area contributed by atoms with Crippen molar-refractivity contribution < 1.29 is 14.3 Å². The lowest BCUT2D eigenvalue weighted by Crippen LogP contribution is -2.19. The average Bonchev–Trinajstić information content (AvgIpc) is 3.09. The van der Waals surface area contributed by atoms with Gasteiger partial charge in [0.05, 0.1) is 26.1 Å². The zero-order chi connectivity index (χ0) is 19.2. The van der Waals surface area contributed by atoms with Gasteiger partial charge in [0, 0.05) is 11.1 Å². The van der Waals surface area contributed by atoms with Crippen LogP contribution >= 0.6 is 0 Å². The van der Waals surface area contributed by atoms with Crippen molar-refractivity contribution in [3.8, 4) is 22.8 Å². The predicted molar refractivity (Wildman–Crippen MR) is 103 cm³/mol. The molecule has 0 unspecified atom stereocenters. The highest BCUT2D eigenvalue weighted by molar-refractivity contribution is 5.96. The third-order valence-electron chi connectivity index (χ3n) is 4.07. The van der Waals surface area contributed by atoms with Crippen molar-refractivity contribution >= 4 is 12.1 Å². The maximum absolute atomic E-state index is 12.4. The van der Waals surface area contributed by atoms with E-state index in [4.69, 9.17) is 9.47 Å². The molecule has 0 saturated heterocycles. The van der Waals surface area contributed by atoms with Crippen LogP contribution in [0.5, 0.6) is 11.5 Å². The van der Waals surface area contributed by atoms with Gasteiger partial charge in [-0.2, -0.15) is 10.2 Å². The van der Waals surface area contributed by atoms with E-state index in [1.807, 2.05) is 43.3 Å². The summed E-state index contributed by atoms with van der Waals surface area (Å²) in [7, 11) is 3.13. The highest BCUT2D eigenvalue weighted by Crippen LogP contribution is 2.27. The molecule has 27 heavy (non-hydrogen) atoms. The standard InChI is InChI=1S/C20H20N4O3/c1-13-18(15-7-5-4-6-8-15)22-23-19(13)20(25)24-21-12-14-9-10-16(26-2)17(11-14)27-3/h4-12H,1-3H3,(H,22,23)(H,24,25)/b21-12+. The summed E-state index contributed by atoms with van der Waals surface area (Å²) < 4.78 is 10.4. The number of ether oxygens (including phenoxy) is 2. The van der Waals surface area contributed by atoms with E-state index in [1.165, 1.54) is 6.21 Å². The van der Waals surface area contributed by atoms with E-state index in [1.54, 1.807) is 26.4 Å². The number of aromatic nitrogens is 2. The first-order chi connectivity index (χ1) is 13.1. The molecule has 7 nitrogen and oxygen atoms in total. The van der Waals surface area contributed by atoms with E-state index in [-0.39, 0.29) is 5.91 Å². The molecule has 1 amide bonds. The molecule has 3 rings (SSSR count). The molecule has 138 valence electrons. The first kappa shape index (κ1) is 18.2. The van der Waals surface area contributed by atoms with Crippen molar-refractivity contribution in [1.82, 2.24) is 15.6 Å². The van der Waals surface area contributed by atoms with E-state index >= 15 is 0 Å². The highest BCUT2D eigenvalue weighted by atomic mass is 16.5. The summed E-state index contributed by atoms with van der Waals surface area (Å²) in [4.78, 5) is 12.4. The molecule has 7 heteroatoms. The number of carbonyl (C=O) groups is 1. The molecule has 0 saturated carbocycles. The maximum Gasteiger partial charge on any atom is 0.289 e. The van der Waals surface area contributed by atoms with Crippen molar-refractivity contribution in [3.63, 3.8) is 0 Å². The molecule has 0 atom stereocenters. The Bertz CT molecular complexity index is 965. The Balaban J connectivity index is 1.71. The molecule has 0 bridgehead atoms. The summed E-state index contributed by atoms with van der Waals surface area (Å²) in [6.07, 6.45) is 1.53. The average molecular weight is 364 g/mol. The fraction of sp³-hybridized carbons (Fsp3) is 0.150. The molecule has 0 aliphatic rings. The van der Waals surface area contributed by atoms with Crippen LogP contribution in [0, 0.1) is 6.92 Å². The minimum absolute atomic E-state index is 0.362. The number of nitrogens with zero attached hydrogens (tertiary/aromatic N) is 2. The Morgan fingerprint density at radius 3 is 2.56 bits per heavy atom. The minimum Gasteiger partial charge on any atom is -0.493 e. The monoisotopic (exact) mass is 364 g/mol. The van der Waals surface area contributed by atoms with Crippen LogP contribution in [0.25, 0.3) is 11.3 Å². The Kier molecular flexibility index (Phi) is 5.51. The number of aromatic amines is 1. The number of rotatable bonds is 6. The predicted octanol–water partition coefficient (Wildman–Crippen LogP) is 3.17. The van der Waals surface area contributed by atoms with Gasteiger partial charge in [-0.05, 0) is 30.7 Å². The van der Waals surface area contributed by atoms with Crippen LogP contribution in [0.15, 0.2) is 53.6 Å². The van der Waals surface area contributed by atoms with Crippen molar-refractivity contribution in [1.29, 1.82) is 0 Å². The van der Waals surface area contributed by atoms with Gasteiger partial charge >= 0.3 is 0 Å². The van der Waals surface area contributed by atoms with E-state index in [9.17, 15) is 4.79 Å². The fourth-order valence-corrected chi connectivity index (χ4v) is 2.65. The molecule has 0 aliphatic heterocycles. The van der Waals surface area contributed by atoms with Crippen LogP contribution in [0.1, 0.15) is 21.6 Å². The summed E-state index contributed by atoms with van der Waals surface area (Å²) >= 11 is 0. The molecule has 1 heterocycles. The van der Waals surface area contributed by atoms with Gasteiger partial charge in [0.2, 0.25) is 0 Å². The van der Waals surface area contributed by atoms with Gasteiger partial charge in [-0.25, -0.2) is 5.43 Å². The molecule has 3 aromatic rings. The number of benzene rings is 2. The summed E-state index contributed by atoms with van der Waals surface area (Å²) in [6, 6.07) is 15.0. The van der Waals surface area contributed by atoms with E-state index in [0.29, 0.717) is 17.2 Å². The molecule has 0 aliphatic carbocycles. The smallest absolute Gasteiger partial charge is 0.289 e. The van der Waals surface area contributed by atoms with Crippen LogP contribution in [-0.2, 0) is 0 Å². The van der Waals surface area contributed by atoms with Crippen LogP contribution in [0.4, 0.5) is 0 Å². The number of nitrogens with one attached hydrogen (secondary N) is 2. The maximum atomic E-state index is 12.4. The van der Waals surface area contributed by atoms with Crippen molar-refractivity contribution in [3.05, 3.63) is 65.4 Å². The van der Waals surface area contributed by atoms with Crippen molar-refractivity contribution in [2.24, 2.45) is 5.10 Å². The third kappa shape index (κ3) is 3.98. The topological polar surface area (TPSA) is 88.6 Å². The second-order valence-electron chi connectivity index (χ2n) is 5.75. The quantitative estimate of drug-likeness (QED) is 0.519. The van der Waals surface area contributed by atoms with Crippen LogP contribution in [-0.4, -0.2) is 36.5 Å². The number of carbonyl (C=O) groups excluding carboxylic acids is 1. The molecule has 0 spiro atoms. The number of hydrazone groups is 1. The summed E-state index contributed by atoms with van der Waals surface area (Å²) in [5.41, 5.74) is 6.09. The van der Waals surface area contributed by atoms with Gasteiger partial charge in [0.15, 0.2) is 11.5 Å². The SMILES string of the molecule is COc1ccc(/C=N/NC(=O)c2[nH]nc(-c3ccccc3)c2C)cc1OC. The van der Waals surface area contributed by atoms with Crippen LogP contribution < -0.4 is 14.9 Å². The molecule has 0 radical (unpaired) electrons.